The first kappa shape index (κ1) is 19.0. The van der Waals surface area contributed by atoms with E-state index in [4.69, 9.17) is 16.3 Å². The molecule has 0 atom stereocenters. The van der Waals surface area contributed by atoms with Crippen molar-refractivity contribution in [2.24, 2.45) is 0 Å². The third-order valence-electron chi connectivity index (χ3n) is 2.46. The van der Waals surface area contributed by atoms with E-state index < -0.39 is 16.0 Å². The fraction of sp³-hybridized carbons (Fsp3) is 0.188. The number of halogens is 1. The number of nitrogens with one attached hydrogen (secondary N) is 1. The van der Waals surface area contributed by atoms with Gasteiger partial charge in [-0.2, -0.15) is 0 Å². The Morgan fingerprint density at radius 1 is 1.30 bits per heavy atom. The summed E-state index contributed by atoms with van der Waals surface area (Å²) in [6.45, 7) is 7.31. The van der Waals surface area contributed by atoms with Crippen molar-refractivity contribution < 1.29 is 17.9 Å². The predicted octanol–water partition coefficient (Wildman–Crippen LogP) is 3.20. The van der Waals surface area contributed by atoms with Crippen LogP contribution in [0.2, 0.25) is 5.02 Å². The Morgan fingerprint density at radius 2 is 1.91 bits per heavy atom. The number of hydrogen-bond donors (Lipinski definition) is 1. The summed E-state index contributed by atoms with van der Waals surface area (Å²) in [5, 5.41) is 0.434. The number of carbonyl (C=O) groups is 1. The Hall–Kier alpha value is -2.05. The molecule has 0 heterocycles. The summed E-state index contributed by atoms with van der Waals surface area (Å²) in [6, 6.07) is 5.73. The molecule has 7 heteroatoms. The zero-order valence-electron chi connectivity index (χ0n) is 12.9. The van der Waals surface area contributed by atoms with E-state index in [-0.39, 0.29) is 17.2 Å². The maximum absolute atomic E-state index is 12.3. The third-order valence-corrected chi connectivity index (χ3v) is 4.11. The first-order chi connectivity index (χ1) is 10.7. The number of esters is 1. The summed E-state index contributed by atoms with van der Waals surface area (Å²) < 4.78 is 31.8. The summed E-state index contributed by atoms with van der Waals surface area (Å²) in [4.78, 5) is 11.4. The summed E-state index contributed by atoms with van der Waals surface area (Å²) in [5.74, 6) is -0.564. The number of allylic oxidation sites excluding steroid dienone is 3. The molecule has 23 heavy (non-hydrogen) atoms. The van der Waals surface area contributed by atoms with Crippen molar-refractivity contribution in [3.63, 3.8) is 0 Å². The van der Waals surface area contributed by atoms with Gasteiger partial charge in [0, 0.05) is 16.8 Å². The topological polar surface area (TPSA) is 72.5 Å². The molecule has 0 bridgehead atoms. The van der Waals surface area contributed by atoms with Gasteiger partial charge in [-0.15, -0.1) is 0 Å². The van der Waals surface area contributed by atoms with Crippen molar-refractivity contribution in [3.8, 4) is 0 Å². The van der Waals surface area contributed by atoms with Crippen LogP contribution in [0.4, 0.5) is 0 Å². The van der Waals surface area contributed by atoms with Gasteiger partial charge in [-0.3, -0.25) is 4.72 Å². The van der Waals surface area contributed by atoms with Crippen LogP contribution < -0.4 is 4.72 Å². The summed E-state index contributed by atoms with van der Waals surface area (Å²) in [5.41, 5.74) is 0.813. The van der Waals surface area contributed by atoms with Crippen molar-refractivity contribution in [1.82, 2.24) is 4.72 Å². The molecule has 0 aliphatic rings. The second-order valence-corrected chi connectivity index (χ2v) is 6.71. The van der Waals surface area contributed by atoms with Gasteiger partial charge in [0.1, 0.15) is 0 Å². The van der Waals surface area contributed by atoms with Crippen LogP contribution in [0.5, 0.6) is 0 Å². The van der Waals surface area contributed by atoms with Crippen LogP contribution in [0.15, 0.2) is 65.2 Å². The highest BCUT2D eigenvalue weighted by molar-refractivity contribution is 7.89. The highest BCUT2D eigenvalue weighted by Crippen LogP contribution is 2.15. The van der Waals surface area contributed by atoms with E-state index in [1.54, 1.807) is 13.8 Å². The second kappa shape index (κ2) is 8.55. The SMILES string of the molecule is C=C(C)C=C(C=CC(=O)OCC)NS(=O)(=O)c1ccc(Cl)cc1. The number of sulfonamides is 1. The van der Waals surface area contributed by atoms with Crippen molar-refractivity contribution in [1.29, 1.82) is 0 Å². The number of rotatable bonds is 7. The first-order valence-corrected chi connectivity index (χ1v) is 8.61. The van der Waals surface area contributed by atoms with E-state index >= 15 is 0 Å². The van der Waals surface area contributed by atoms with Crippen LogP contribution >= 0.6 is 11.6 Å². The lowest BCUT2D eigenvalue weighted by atomic mass is 10.2. The van der Waals surface area contributed by atoms with Crippen LogP contribution in [0, 0.1) is 0 Å². The van der Waals surface area contributed by atoms with Crippen molar-refractivity contribution in [3.05, 3.63) is 65.4 Å². The maximum Gasteiger partial charge on any atom is 0.330 e. The Bertz CT molecular complexity index is 734. The van der Waals surface area contributed by atoms with Gasteiger partial charge in [0.15, 0.2) is 0 Å². The molecule has 0 saturated carbocycles. The monoisotopic (exact) mass is 355 g/mol. The Balaban J connectivity index is 3.03. The van der Waals surface area contributed by atoms with E-state index in [0.717, 1.165) is 6.08 Å². The van der Waals surface area contributed by atoms with Crippen molar-refractivity contribution in [2.75, 3.05) is 6.61 Å². The molecule has 0 spiro atoms. The lowest BCUT2D eigenvalue weighted by molar-refractivity contribution is -0.137. The van der Waals surface area contributed by atoms with E-state index in [9.17, 15) is 13.2 Å². The molecule has 0 aliphatic carbocycles. The molecular weight excluding hydrogens is 338 g/mol. The van der Waals surface area contributed by atoms with Gasteiger partial charge in [0.25, 0.3) is 10.0 Å². The highest BCUT2D eigenvalue weighted by atomic mass is 35.5. The Labute approximate surface area is 141 Å². The second-order valence-electron chi connectivity index (χ2n) is 4.59. The quantitative estimate of drug-likeness (QED) is 0.463. The molecule has 1 aromatic carbocycles. The molecule has 1 N–H and O–H groups in total. The van der Waals surface area contributed by atoms with Crippen LogP contribution in [0.25, 0.3) is 0 Å². The lowest BCUT2D eigenvalue weighted by Gasteiger charge is -2.09. The van der Waals surface area contributed by atoms with Gasteiger partial charge in [-0.05, 0) is 50.3 Å². The predicted molar refractivity (Wildman–Crippen MR) is 90.4 cm³/mol. The smallest absolute Gasteiger partial charge is 0.330 e. The summed E-state index contributed by atoms with van der Waals surface area (Å²) in [7, 11) is -3.80. The van der Waals surface area contributed by atoms with Crippen LogP contribution in [0.3, 0.4) is 0 Å². The minimum atomic E-state index is -3.80. The molecule has 5 nitrogen and oxygen atoms in total. The Kier molecular flexibility index (Phi) is 7.06. The van der Waals surface area contributed by atoms with E-state index in [1.807, 2.05) is 0 Å². The average Bonchev–Trinajstić information content (AvgIpc) is 2.44. The molecule has 0 radical (unpaired) electrons. The van der Waals surface area contributed by atoms with Gasteiger partial charge in [0.2, 0.25) is 0 Å². The minimum absolute atomic E-state index is 0.0547. The molecule has 0 aromatic heterocycles. The highest BCUT2D eigenvalue weighted by Gasteiger charge is 2.14. The van der Waals surface area contributed by atoms with E-state index in [2.05, 4.69) is 11.3 Å². The molecule has 0 fully saturated rings. The molecule has 124 valence electrons. The van der Waals surface area contributed by atoms with Crippen LogP contribution in [-0.2, 0) is 19.6 Å². The number of hydrogen-bond acceptors (Lipinski definition) is 4. The van der Waals surface area contributed by atoms with E-state index in [0.29, 0.717) is 10.6 Å². The molecule has 1 rings (SSSR count). The largest absolute Gasteiger partial charge is 0.463 e. The van der Waals surface area contributed by atoms with E-state index in [1.165, 1.54) is 36.4 Å². The maximum atomic E-state index is 12.3. The first-order valence-electron chi connectivity index (χ1n) is 6.75. The molecule has 0 saturated heterocycles. The van der Waals surface area contributed by atoms with Crippen LogP contribution in [0.1, 0.15) is 13.8 Å². The molecule has 0 unspecified atom stereocenters. The number of carbonyl (C=O) groups excluding carboxylic acids is 1. The number of ether oxygens (including phenoxy) is 1. The molecular formula is C16H18ClNO4S. The fourth-order valence-electron chi connectivity index (χ4n) is 1.55. The summed E-state index contributed by atoms with van der Waals surface area (Å²) >= 11 is 5.75. The standard InChI is InChI=1S/C16H18ClNO4S/c1-4-22-16(19)10-7-14(11-12(2)3)18-23(20,21)15-8-5-13(17)6-9-15/h5-11,18H,2,4H2,1,3H3. The van der Waals surface area contributed by atoms with Crippen molar-refractivity contribution in [2.45, 2.75) is 18.7 Å². The minimum Gasteiger partial charge on any atom is -0.463 e. The van der Waals surface area contributed by atoms with Gasteiger partial charge >= 0.3 is 5.97 Å². The van der Waals surface area contributed by atoms with Crippen molar-refractivity contribution >= 4 is 27.6 Å². The van der Waals surface area contributed by atoms with Gasteiger partial charge < -0.3 is 4.74 Å². The van der Waals surface area contributed by atoms with Crippen LogP contribution in [-0.4, -0.2) is 21.0 Å². The Morgan fingerprint density at radius 3 is 2.43 bits per heavy atom. The third kappa shape index (κ3) is 6.71. The zero-order chi connectivity index (χ0) is 17.5. The van der Waals surface area contributed by atoms with Gasteiger partial charge in [-0.1, -0.05) is 23.8 Å². The average molecular weight is 356 g/mol. The lowest BCUT2D eigenvalue weighted by Crippen LogP contribution is -2.22. The summed E-state index contributed by atoms with van der Waals surface area (Å²) in [6.07, 6.45) is 3.96. The molecule has 1 aromatic rings. The molecule has 0 aliphatic heterocycles. The zero-order valence-corrected chi connectivity index (χ0v) is 14.4. The molecule has 0 amide bonds. The fourth-order valence-corrected chi connectivity index (χ4v) is 2.73. The normalized spacial score (nSPS) is 12.2. The number of benzene rings is 1. The van der Waals surface area contributed by atoms with Gasteiger partial charge in [0.05, 0.1) is 11.5 Å². The van der Waals surface area contributed by atoms with Gasteiger partial charge in [-0.25, -0.2) is 13.2 Å².